The second-order valence-electron chi connectivity index (χ2n) is 16.3. The third kappa shape index (κ3) is 6.68. The largest absolute Gasteiger partial charge is 0.497 e. The number of hydrogen-bond donors (Lipinski definition) is 1. The molecule has 0 aliphatic carbocycles. The normalized spacial score (nSPS) is 20.8. The Kier molecular flexibility index (Phi) is 10.4. The van der Waals surface area contributed by atoms with E-state index in [0.29, 0.717) is 52.8 Å². The number of amides is 2. The third-order valence-corrected chi connectivity index (χ3v) is 17.2. The molecule has 4 atom stereocenters. The van der Waals surface area contributed by atoms with Crippen LogP contribution in [-0.2, 0) is 34.6 Å². The predicted molar refractivity (Wildman–Crippen MR) is 234 cm³/mol. The number of benzene rings is 5. The molecule has 6 aromatic rings. The Balaban J connectivity index is 1.06. The van der Waals surface area contributed by atoms with Gasteiger partial charge in [0.15, 0.2) is 11.4 Å². The van der Waals surface area contributed by atoms with Crippen LogP contribution < -0.4 is 24.5 Å². The van der Waals surface area contributed by atoms with Crippen molar-refractivity contribution < 1.29 is 28.9 Å². The molecule has 1 spiro atoms. The van der Waals surface area contributed by atoms with E-state index in [4.69, 9.17) is 25.8 Å². The quantitative estimate of drug-likeness (QED) is 0.129. The van der Waals surface area contributed by atoms with Crippen molar-refractivity contribution in [3.63, 3.8) is 0 Å². The molecule has 3 aliphatic heterocycles. The highest BCUT2D eigenvalue weighted by molar-refractivity contribution is 6.91. The van der Waals surface area contributed by atoms with E-state index in [9.17, 15) is 9.90 Å². The Labute approximate surface area is 355 Å². The summed E-state index contributed by atoms with van der Waals surface area (Å²) in [5, 5.41) is 19.8. The van der Waals surface area contributed by atoms with Crippen molar-refractivity contribution in [2.75, 3.05) is 23.5 Å². The molecule has 1 N–H and O–H groups in total. The zero-order valence-electron chi connectivity index (χ0n) is 33.9. The van der Waals surface area contributed by atoms with Gasteiger partial charge in [-0.15, -0.1) is 5.10 Å². The number of aliphatic hydroxyl groups is 1. The fourth-order valence-corrected chi connectivity index (χ4v) is 13.9. The van der Waals surface area contributed by atoms with E-state index in [0.717, 1.165) is 28.3 Å². The highest BCUT2D eigenvalue weighted by Gasteiger charge is 2.66. The summed E-state index contributed by atoms with van der Waals surface area (Å²) in [5.74, 6) is 1.33. The van der Waals surface area contributed by atoms with Gasteiger partial charge in [0.05, 0.1) is 50.5 Å². The van der Waals surface area contributed by atoms with Gasteiger partial charge >= 0.3 is 0 Å². The van der Waals surface area contributed by atoms with Crippen molar-refractivity contribution >= 4 is 53.7 Å². The molecule has 3 aliphatic rings. The minimum absolute atomic E-state index is 0.00396. The molecule has 0 radical (unpaired) electrons. The van der Waals surface area contributed by atoms with Gasteiger partial charge in [0, 0.05) is 48.0 Å². The Morgan fingerprint density at radius 3 is 2.38 bits per heavy atom. The van der Waals surface area contributed by atoms with Crippen LogP contribution in [0.25, 0.3) is 0 Å². The topological polar surface area (TPSA) is 119 Å². The zero-order valence-corrected chi connectivity index (χ0v) is 35.7. The molecule has 1 fully saturated rings. The van der Waals surface area contributed by atoms with Gasteiger partial charge in [0.2, 0.25) is 0 Å². The minimum atomic E-state index is -2.39. The first kappa shape index (κ1) is 39.7. The van der Waals surface area contributed by atoms with Crippen LogP contribution in [0.15, 0.2) is 121 Å². The SMILES string of the molecule is COc1ccc([Si](C)(C)[C@H]2[C@H](CCn3cc(CCO)nn3)O[C@@]3(C(=O)N(Cc4ccc(N5C(=O)c6ccccc6Oc6ccccc65)cc4)c4ccc(Cl)cc43)[C@@H]2C)cc1. The van der Waals surface area contributed by atoms with Crippen LogP contribution in [0.2, 0.25) is 23.7 Å². The first-order valence-corrected chi connectivity index (χ1v) is 23.7. The van der Waals surface area contributed by atoms with Crippen LogP contribution in [0.3, 0.4) is 0 Å². The third-order valence-electron chi connectivity index (χ3n) is 12.6. The second-order valence-corrected chi connectivity index (χ2v) is 21.4. The smallest absolute Gasteiger partial charge is 0.266 e. The summed E-state index contributed by atoms with van der Waals surface area (Å²) in [4.78, 5) is 33.0. The number of ether oxygens (including phenoxy) is 3. The van der Waals surface area contributed by atoms with Crippen LogP contribution in [0.1, 0.15) is 40.5 Å². The molecule has 1 saturated heterocycles. The first-order chi connectivity index (χ1) is 29.0. The maximum atomic E-state index is 15.4. The number of carbonyl (C=O) groups excluding carboxylic acids is 2. The summed E-state index contributed by atoms with van der Waals surface area (Å²) >= 11 is 6.76. The number of aryl methyl sites for hydroxylation is 1. The van der Waals surface area contributed by atoms with E-state index in [1.807, 2.05) is 102 Å². The van der Waals surface area contributed by atoms with Gasteiger partial charge in [-0.05, 0) is 84.3 Å². The monoisotopic (exact) mass is 839 g/mol. The first-order valence-electron chi connectivity index (χ1n) is 20.3. The Bertz CT molecular complexity index is 2580. The van der Waals surface area contributed by atoms with E-state index in [1.165, 1.54) is 5.19 Å². The number of aromatic nitrogens is 3. The summed E-state index contributed by atoms with van der Waals surface area (Å²) in [6, 6.07) is 36.5. The summed E-state index contributed by atoms with van der Waals surface area (Å²) in [5.41, 5.74) is 3.65. The van der Waals surface area contributed by atoms with Crippen molar-refractivity contribution in [3.05, 3.63) is 149 Å². The van der Waals surface area contributed by atoms with Gasteiger partial charge in [0.25, 0.3) is 11.8 Å². The molecular weight excluding hydrogens is 794 g/mol. The van der Waals surface area contributed by atoms with Crippen LogP contribution >= 0.6 is 11.6 Å². The van der Waals surface area contributed by atoms with Crippen molar-refractivity contribution in [3.8, 4) is 17.2 Å². The molecule has 4 heterocycles. The van der Waals surface area contributed by atoms with E-state index in [1.54, 1.807) is 28.8 Å². The summed E-state index contributed by atoms with van der Waals surface area (Å²) < 4.78 is 20.8. The minimum Gasteiger partial charge on any atom is -0.497 e. The molecule has 0 bridgehead atoms. The lowest BCUT2D eigenvalue weighted by molar-refractivity contribution is -0.146. The Morgan fingerprint density at radius 2 is 1.63 bits per heavy atom. The molecule has 13 heteroatoms. The Hall–Kier alpha value is -5.79. The maximum absolute atomic E-state index is 15.4. The molecular formula is C47H46ClN5O6Si. The highest BCUT2D eigenvalue weighted by Crippen LogP contribution is 2.60. The van der Waals surface area contributed by atoms with Crippen molar-refractivity contribution in [1.29, 1.82) is 0 Å². The van der Waals surface area contributed by atoms with Crippen LogP contribution in [-0.4, -0.2) is 59.8 Å². The molecule has 0 unspecified atom stereocenters. The number of halogens is 1. The van der Waals surface area contributed by atoms with E-state index >= 15 is 4.79 Å². The van der Waals surface area contributed by atoms with E-state index in [2.05, 4.69) is 42.5 Å². The van der Waals surface area contributed by atoms with Crippen LogP contribution in [0.4, 0.5) is 17.1 Å². The van der Waals surface area contributed by atoms with Gasteiger partial charge < -0.3 is 24.2 Å². The van der Waals surface area contributed by atoms with Gasteiger partial charge in [-0.1, -0.05) is 90.5 Å². The highest BCUT2D eigenvalue weighted by atomic mass is 35.5. The van der Waals surface area contributed by atoms with E-state index in [-0.39, 0.29) is 42.5 Å². The van der Waals surface area contributed by atoms with E-state index < -0.39 is 13.7 Å². The van der Waals surface area contributed by atoms with Crippen LogP contribution in [0, 0.1) is 5.92 Å². The summed E-state index contributed by atoms with van der Waals surface area (Å²) in [7, 11) is -0.725. The molecule has 11 nitrogen and oxygen atoms in total. The van der Waals surface area contributed by atoms with Crippen molar-refractivity contribution in [2.45, 2.75) is 63.2 Å². The van der Waals surface area contributed by atoms with Gasteiger partial charge in [-0.2, -0.15) is 0 Å². The summed E-state index contributed by atoms with van der Waals surface area (Å²) in [6.45, 7) is 7.69. The van der Waals surface area contributed by atoms with Gasteiger partial charge in [0.1, 0.15) is 11.5 Å². The van der Waals surface area contributed by atoms with Crippen molar-refractivity contribution in [2.24, 2.45) is 5.92 Å². The molecule has 0 saturated carbocycles. The standard InChI is InChI=1S/C47H46ClN5O6Si/c1-30-44(60(3,4)36-20-18-35(57-2)19-21-36)43(23-25-51-29-33(24-26-54)49-50-51)59-47(30)38-27-32(48)15-22-39(38)52(46(47)56)28-31-13-16-34(17-14-31)53-40-10-6-8-12-42(40)58-41-11-7-5-9-37(41)45(53)55/h5-22,27,29-30,43-44,54H,23-26,28H2,1-4H3/t30-,43+,44-,47+/m1/s1. The maximum Gasteiger partial charge on any atom is 0.266 e. The number of hydrogen-bond acceptors (Lipinski definition) is 8. The average Bonchev–Trinajstić information content (AvgIpc) is 3.88. The fraction of sp³-hybridized carbons (Fsp3) is 0.277. The number of para-hydroxylation sites is 3. The number of fused-ring (bicyclic) bond motifs is 4. The van der Waals surface area contributed by atoms with Gasteiger partial charge in [-0.25, -0.2) is 0 Å². The number of nitrogens with zero attached hydrogens (tertiary/aromatic N) is 5. The van der Waals surface area contributed by atoms with Gasteiger partial charge in [-0.3, -0.25) is 19.2 Å². The average molecular weight is 840 g/mol. The molecule has 5 aromatic carbocycles. The molecule has 60 heavy (non-hydrogen) atoms. The molecule has 2 amide bonds. The number of anilines is 3. The fourth-order valence-electron chi connectivity index (χ4n) is 9.65. The molecule has 1 aromatic heterocycles. The zero-order chi connectivity index (χ0) is 41.8. The van der Waals surface area contributed by atoms with Crippen molar-refractivity contribution in [1.82, 2.24) is 15.0 Å². The Morgan fingerprint density at radius 1 is 0.900 bits per heavy atom. The number of aliphatic hydroxyl groups excluding tert-OH is 1. The lowest BCUT2D eigenvalue weighted by Crippen LogP contribution is -2.51. The predicted octanol–water partition coefficient (Wildman–Crippen LogP) is 8.41. The molecule has 9 rings (SSSR count). The van der Waals surface area contributed by atoms with Crippen LogP contribution in [0.5, 0.6) is 17.2 Å². The lowest BCUT2D eigenvalue weighted by Gasteiger charge is -2.37. The lowest BCUT2D eigenvalue weighted by atomic mass is 9.82. The molecule has 306 valence electrons. The number of methoxy groups -OCH3 is 1. The second kappa shape index (κ2) is 15.7. The summed E-state index contributed by atoms with van der Waals surface area (Å²) in [6.07, 6.45) is 2.59. The number of carbonyl (C=O) groups is 2. The number of rotatable bonds is 11.